The number of aryl methyl sites for hydroxylation is 2. The van der Waals surface area contributed by atoms with E-state index in [-0.39, 0.29) is 11.2 Å². The third kappa shape index (κ3) is 3.50. The highest BCUT2D eigenvalue weighted by Gasteiger charge is 2.32. The summed E-state index contributed by atoms with van der Waals surface area (Å²) >= 11 is 1.48. The highest BCUT2D eigenvalue weighted by molar-refractivity contribution is 8.00. The van der Waals surface area contributed by atoms with E-state index in [4.69, 9.17) is 0 Å². The molecule has 32 heavy (non-hydrogen) atoms. The van der Waals surface area contributed by atoms with E-state index in [9.17, 15) is 4.79 Å². The molecule has 0 radical (unpaired) electrons. The van der Waals surface area contributed by atoms with Crippen LogP contribution < -0.4 is 5.32 Å². The molecule has 0 bridgehead atoms. The zero-order valence-electron chi connectivity index (χ0n) is 18.0. The number of H-pyrrole nitrogens is 1. The molecule has 2 heterocycles. The predicted molar refractivity (Wildman–Crippen MR) is 128 cm³/mol. The predicted octanol–water partition coefficient (Wildman–Crippen LogP) is 5.37. The Morgan fingerprint density at radius 3 is 2.88 bits per heavy atom. The fourth-order valence-corrected chi connectivity index (χ4v) is 5.48. The lowest BCUT2D eigenvalue weighted by Crippen LogP contribution is -2.23. The van der Waals surface area contributed by atoms with Crippen molar-refractivity contribution in [3.05, 3.63) is 59.8 Å². The van der Waals surface area contributed by atoms with E-state index < -0.39 is 0 Å². The van der Waals surface area contributed by atoms with E-state index in [1.54, 1.807) is 0 Å². The van der Waals surface area contributed by atoms with Gasteiger partial charge in [-0.2, -0.15) is 0 Å². The molecule has 0 saturated heterocycles. The van der Waals surface area contributed by atoms with Crippen LogP contribution in [0.1, 0.15) is 43.4 Å². The fraction of sp³-hybridized carbons (Fsp3) is 0.320. The molecule has 4 aromatic rings. The Morgan fingerprint density at radius 2 is 2.00 bits per heavy atom. The van der Waals surface area contributed by atoms with Crippen LogP contribution in [0, 0.1) is 0 Å². The zero-order valence-corrected chi connectivity index (χ0v) is 18.8. The van der Waals surface area contributed by atoms with E-state index in [1.807, 2.05) is 31.3 Å². The number of rotatable bonds is 6. The number of para-hydroxylation sites is 1. The van der Waals surface area contributed by atoms with Gasteiger partial charge in [-0.1, -0.05) is 36.0 Å². The van der Waals surface area contributed by atoms with Gasteiger partial charge in [-0.25, -0.2) is 0 Å². The maximum absolute atomic E-state index is 12.9. The van der Waals surface area contributed by atoms with Gasteiger partial charge in [0.2, 0.25) is 5.91 Å². The number of aromatic nitrogens is 4. The molecule has 2 N–H and O–H groups in total. The second-order valence-corrected chi connectivity index (χ2v) is 10.0. The van der Waals surface area contributed by atoms with E-state index in [1.165, 1.54) is 29.3 Å². The number of benzene rings is 2. The summed E-state index contributed by atoms with van der Waals surface area (Å²) < 4.78 is 2.22. The number of hydrogen-bond donors (Lipinski definition) is 2. The molecule has 6 nitrogen and oxygen atoms in total. The van der Waals surface area contributed by atoms with Gasteiger partial charge in [-0.3, -0.25) is 9.36 Å². The number of amides is 1. The Labute approximate surface area is 190 Å². The van der Waals surface area contributed by atoms with Crippen LogP contribution in [-0.4, -0.2) is 30.9 Å². The molecule has 2 aromatic carbocycles. The van der Waals surface area contributed by atoms with Gasteiger partial charge >= 0.3 is 0 Å². The summed E-state index contributed by atoms with van der Waals surface area (Å²) in [7, 11) is 0. The fourth-order valence-electron chi connectivity index (χ4n) is 4.56. The number of nitrogens with zero attached hydrogens (tertiary/aromatic N) is 3. The maximum atomic E-state index is 12.9. The molecule has 0 unspecified atom stereocenters. The number of hydrogen-bond acceptors (Lipinski definition) is 4. The highest BCUT2D eigenvalue weighted by atomic mass is 32.2. The minimum atomic E-state index is -0.277. The highest BCUT2D eigenvalue weighted by Crippen LogP contribution is 2.42. The van der Waals surface area contributed by atoms with Gasteiger partial charge in [-0.05, 0) is 68.4 Å². The second-order valence-electron chi connectivity index (χ2n) is 8.74. The van der Waals surface area contributed by atoms with Crippen molar-refractivity contribution in [1.82, 2.24) is 19.7 Å². The summed E-state index contributed by atoms with van der Waals surface area (Å²) in [4.78, 5) is 16.3. The number of fused-ring (bicyclic) bond motifs is 2. The van der Waals surface area contributed by atoms with Crippen LogP contribution in [-0.2, 0) is 17.6 Å². The third-order valence-electron chi connectivity index (χ3n) is 6.42. The molecule has 1 amide bonds. The first kappa shape index (κ1) is 19.6. The Balaban J connectivity index is 1.24. The van der Waals surface area contributed by atoms with Crippen LogP contribution in [0.4, 0.5) is 5.69 Å². The average Bonchev–Trinajstić information content (AvgIpc) is 3.20. The summed E-state index contributed by atoms with van der Waals surface area (Å²) in [5.41, 5.74) is 5.80. The van der Waals surface area contributed by atoms with Crippen LogP contribution in [0.5, 0.6) is 0 Å². The number of carbonyl (C=O) groups excluding carboxylic acids is 1. The van der Waals surface area contributed by atoms with Crippen molar-refractivity contribution in [2.24, 2.45) is 0 Å². The Morgan fingerprint density at radius 1 is 1.16 bits per heavy atom. The van der Waals surface area contributed by atoms with Crippen molar-refractivity contribution >= 4 is 34.3 Å². The van der Waals surface area contributed by atoms with Gasteiger partial charge in [-0.15, -0.1) is 10.2 Å². The first-order valence-corrected chi connectivity index (χ1v) is 12.2. The van der Waals surface area contributed by atoms with Crippen molar-refractivity contribution in [1.29, 1.82) is 0 Å². The van der Waals surface area contributed by atoms with Gasteiger partial charge in [0, 0.05) is 34.4 Å². The number of aromatic amines is 1. The smallest absolute Gasteiger partial charge is 0.237 e. The molecule has 1 atom stereocenters. The average molecular weight is 444 g/mol. The third-order valence-corrected chi connectivity index (χ3v) is 7.48. The van der Waals surface area contributed by atoms with Crippen LogP contribution in [0.3, 0.4) is 0 Å². The summed E-state index contributed by atoms with van der Waals surface area (Å²) in [6.45, 7) is 1.94. The standard InChI is InChI=1S/C25H25N5OS/c1-15(24(31)27-18-10-9-16-5-4-6-17(16)13-18)32-25-29-28-23(30(25)19-11-12-19)21-14-26-22-8-3-2-7-20(21)22/h2-3,7-10,13-15,19,26H,4-6,11-12H2,1H3,(H,27,31)/t15-/m0/s1. The van der Waals surface area contributed by atoms with E-state index >= 15 is 0 Å². The lowest BCUT2D eigenvalue weighted by Gasteiger charge is -2.14. The maximum Gasteiger partial charge on any atom is 0.237 e. The van der Waals surface area contributed by atoms with Crippen molar-refractivity contribution in [2.45, 2.75) is 55.5 Å². The van der Waals surface area contributed by atoms with E-state index in [2.05, 4.69) is 49.3 Å². The first-order valence-electron chi connectivity index (χ1n) is 11.3. The minimum absolute atomic E-state index is 0.00746. The Bertz CT molecular complexity index is 1320. The molecule has 6 rings (SSSR count). The van der Waals surface area contributed by atoms with Gasteiger partial charge in [0.1, 0.15) is 0 Å². The minimum Gasteiger partial charge on any atom is -0.360 e. The number of anilines is 1. The van der Waals surface area contributed by atoms with Gasteiger partial charge in [0.25, 0.3) is 0 Å². The Hall–Kier alpha value is -3.06. The number of carbonyl (C=O) groups is 1. The molecule has 162 valence electrons. The molecular formula is C25H25N5OS. The number of nitrogens with one attached hydrogen (secondary N) is 2. The van der Waals surface area contributed by atoms with Crippen molar-refractivity contribution in [2.75, 3.05) is 5.32 Å². The molecule has 2 aromatic heterocycles. The largest absolute Gasteiger partial charge is 0.360 e. The lowest BCUT2D eigenvalue weighted by molar-refractivity contribution is -0.115. The van der Waals surface area contributed by atoms with Crippen LogP contribution >= 0.6 is 11.8 Å². The number of thioether (sulfide) groups is 1. The SMILES string of the molecule is C[C@H](Sc1nnc(-c2c[nH]c3ccccc23)n1C1CC1)C(=O)Nc1ccc2c(c1)CCC2. The lowest BCUT2D eigenvalue weighted by atomic mass is 10.1. The topological polar surface area (TPSA) is 75.6 Å². The quantitative estimate of drug-likeness (QED) is 0.393. The molecular weight excluding hydrogens is 418 g/mol. The normalized spacial score (nSPS) is 16.3. The molecule has 2 aliphatic rings. The monoisotopic (exact) mass is 443 g/mol. The molecule has 0 spiro atoms. The molecule has 1 saturated carbocycles. The zero-order chi connectivity index (χ0) is 21.7. The Kier molecular flexibility index (Phi) is 4.79. The molecule has 7 heteroatoms. The second kappa shape index (κ2) is 7.81. The first-order chi connectivity index (χ1) is 15.7. The van der Waals surface area contributed by atoms with Gasteiger partial charge in [0.15, 0.2) is 11.0 Å². The summed E-state index contributed by atoms with van der Waals surface area (Å²) in [5, 5.41) is 13.8. The molecule has 2 aliphatic carbocycles. The van der Waals surface area contributed by atoms with Crippen molar-refractivity contribution < 1.29 is 4.79 Å². The molecule has 1 fully saturated rings. The van der Waals surface area contributed by atoms with E-state index in [0.717, 1.165) is 58.8 Å². The van der Waals surface area contributed by atoms with Crippen LogP contribution in [0.2, 0.25) is 0 Å². The van der Waals surface area contributed by atoms with Crippen LogP contribution in [0.25, 0.3) is 22.3 Å². The molecule has 0 aliphatic heterocycles. The van der Waals surface area contributed by atoms with Crippen molar-refractivity contribution in [3.63, 3.8) is 0 Å². The van der Waals surface area contributed by atoms with Gasteiger partial charge < -0.3 is 10.3 Å². The summed E-state index contributed by atoms with van der Waals surface area (Å²) in [6, 6.07) is 14.9. The van der Waals surface area contributed by atoms with E-state index in [0.29, 0.717) is 6.04 Å². The van der Waals surface area contributed by atoms with Crippen LogP contribution in [0.15, 0.2) is 53.8 Å². The summed E-state index contributed by atoms with van der Waals surface area (Å²) in [6.07, 6.45) is 7.70. The van der Waals surface area contributed by atoms with Crippen molar-refractivity contribution in [3.8, 4) is 11.4 Å². The summed E-state index contributed by atoms with van der Waals surface area (Å²) in [5.74, 6) is 0.866. The van der Waals surface area contributed by atoms with Gasteiger partial charge in [0.05, 0.1) is 5.25 Å².